The zero-order chi connectivity index (χ0) is 19.6. The quantitative estimate of drug-likeness (QED) is 0.492. The summed E-state index contributed by atoms with van der Waals surface area (Å²) in [5, 5.41) is -0.149. The molecule has 0 aliphatic heterocycles. The van der Waals surface area contributed by atoms with E-state index in [-0.39, 0.29) is 21.7 Å². The van der Waals surface area contributed by atoms with Crippen molar-refractivity contribution in [3.63, 3.8) is 0 Å². The lowest BCUT2D eigenvalue weighted by atomic mass is 10.3. The van der Waals surface area contributed by atoms with Gasteiger partial charge in [0.15, 0.2) is 0 Å². The summed E-state index contributed by atoms with van der Waals surface area (Å²) in [5.74, 6) is -5.07. The fourth-order valence-corrected chi connectivity index (χ4v) is 2.34. The van der Waals surface area contributed by atoms with Crippen LogP contribution >= 0.6 is 23.2 Å². The summed E-state index contributed by atoms with van der Waals surface area (Å²) in [6.07, 6.45) is 1.33. The summed E-state index contributed by atoms with van der Waals surface area (Å²) < 4.78 is 57.4. The first-order valence-electron chi connectivity index (χ1n) is 7.24. The molecule has 3 rings (SSSR count). The molecule has 27 heavy (non-hydrogen) atoms. The summed E-state index contributed by atoms with van der Waals surface area (Å²) in [7, 11) is 1.06. The smallest absolute Gasteiger partial charge is 0.263 e. The van der Waals surface area contributed by atoms with Crippen LogP contribution in [0.3, 0.4) is 0 Å². The van der Waals surface area contributed by atoms with Crippen LogP contribution in [-0.2, 0) is 0 Å². The first-order valence-corrected chi connectivity index (χ1v) is 8.00. The number of benzene rings is 1. The lowest BCUT2D eigenvalue weighted by Crippen LogP contribution is -2.03. The zero-order valence-corrected chi connectivity index (χ0v) is 15.0. The second kappa shape index (κ2) is 7.89. The number of hydrogen-bond acceptors (Lipinski definition) is 5. The lowest BCUT2D eigenvalue weighted by molar-refractivity contribution is 0.317. The van der Waals surface area contributed by atoms with Crippen LogP contribution in [0.5, 0.6) is 29.0 Å². The Morgan fingerprint density at radius 2 is 1.52 bits per heavy atom. The average molecular weight is 417 g/mol. The Hall–Kier alpha value is -2.71. The van der Waals surface area contributed by atoms with Crippen LogP contribution in [0, 0.1) is 17.5 Å². The monoisotopic (exact) mass is 416 g/mol. The van der Waals surface area contributed by atoms with Crippen molar-refractivity contribution in [2.24, 2.45) is 0 Å². The second-order valence-electron chi connectivity index (χ2n) is 4.98. The van der Waals surface area contributed by atoms with E-state index in [1.165, 1.54) is 24.4 Å². The number of nitrogens with zero attached hydrogens (tertiary/aromatic N) is 2. The molecule has 0 aliphatic rings. The van der Waals surface area contributed by atoms with Crippen molar-refractivity contribution in [3.8, 4) is 29.0 Å². The van der Waals surface area contributed by atoms with Gasteiger partial charge in [0.1, 0.15) is 22.5 Å². The number of aromatic nitrogens is 2. The van der Waals surface area contributed by atoms with E-state index in [1.807, 2.05) is 0 Å². The summed E-state index contributed by atoms with van der Waals surface area (Å²) >= 11 is 11.4. The van der Waals surface area contributed by atoms with Gasteiger partial charge < -0.3 is 14.2 Å². The third-order valence-electron chi connectivity index (χ3n) is 3.20. The average Bonchev–Trinajstić information content (AvgIpc) is 2.63. The van der Waals surface area contributed by atoms with Crippen LogP contribution in [-0.4, -0.2) is 17.1 Å². The van der Waals surface area contributed by atoms with Gasteiger partial charge in [-0.15, -0.1) is 0 Å². The Labute approximate surface area is 161 Å². The highest BCUT2D eigenvalue weighted by Crippen LogP contribution is 2.37. The highest BCUT2D eigenvalue weighted by molar-refractivity contribution is 6.30. The van der Waals surface area contributed by atoms with Gasteiger partial charge in [-0.05, 0) is 18.2 Å². The normalized spacial score (nSPS) is 10.6. The predicted molar refractivity (Wildman–Crippen MR) is 91.5 cm³/mol. The van der Waals surface area contributed by atoms with Crippen molar-refractivity contribution in [2.45, 2.75) is 0 Å². The van der Waals surface area contributed by atoms with Gasteiger partial charge in [0.2, 0.25) is 17.4 Å². The second-order valence-corrected chi connectivity index (χ2v) is 5.77. The molecule has 2 aromatic heterocycles. The SMILES string of the molecule is COc1c(F)c(Oc2ccnc(Cl)c2)nc(Oc2ccc(F)c(Cl)c2)c1F. The summed E-state index contributed by atoms with van der Waals surface area (Å²) in [5.41, 5.74) is 0. The molecule has 0 saturated heterocycles. The van der Waals surface area contributed by atoms with E-state index < -0.39 is 35.0 Å². The van der Waals surface area contributed by atoms with E-state index in [0.717, 1.165) is 19.2 Å². The van der Waals surface area contributed by atoms with Gasteiger partial charge in [-0.3, -0.25) is 0 Å². The van der Waals surface area contributed by atoms with Gasteiger partial charge in [-0.2, -0.15) is 13.8 Å². The van der Waals surface area contributed by atoms with E-state index >= 15 is 0 Å². The number of hydrogen-bond donors (Lipinski definition) is 0. The van der Waals surface area contributed by atoms with Gasteiger partial charge in [-0.1, -0.05) is 23.2 Å². The number of pyridine rings is 2. The minimum absolute atomic E-state index is 0.0284. The van der Waals surface area contributed by atoms with E-state index in [1.54, 1.807) is 0 Å². The van der Waals surface area contributed by atoms with Crippen molar-refractivity contribution in [3.05, 3.63) is 64.2 Å². The number of rotatable bonds is 5. The van der Waals surface area contributed by atoms with Crippen molar-refractivity contribution >= 4 is 23.2 Å². The van der Waals surface area contributed by atoms with Crippen molar-refractivity contribution in [1.82, 2.24) is 9.97 Å². The van der Waals surface area contributed by atoms with Gasteiger partial charge in [0, 0.05) is 18.3 Å². The molecule has 0 spiro atoms. The molecular formula is C17H9Cl2F3N2O3. The third kappa shape index (κ3) is 4.17. The third-order valence-corrected chi connectivity index (χ3v) is 3.70. The summed E-state index contributed by atoms with van der Waals surface area (Å²) in [4.78, 5) is 7.44. The Bertz CT molecular complexity index is 1010. The fraction of sp³-hybridized carbons (Fsp3) is 0.0588. The maximum atomic E-state index is 14.4. The first kappa shape index (κ1) is 19.1. The van der Waals surface area contributed by atoms with Crippen LogP contribution in [0.25, 0.3) is 0 Å². The topological polar surface area (TPSA) is 53.5 Å². The molecule has 140 valence electrons. The molecule has 0 bridgehead atoms. The molecule has 0 atom stereocenters. The maximum absolute atomic E-state index is 14.4. The highest BCUT2D eigenvalue weighted by Gasteiger charge is 2.24. The molecule has 2 heterocycles. The van der Waals surface area contributed by atoms with Gasteiger partial charge in [0.05, 0.1) is 12.1 Å². The number of methoxy groups -OCH3 is 1. The lowest BCUT2D eigenvalue weighted by Gasteiger charge is -2.13. The van der Waals surface area contributed by atoms with Crippen LogP contribution in [0.15, 0.2) is 36.5 Å². The van der Waals surface area contributed by atoms with Gasteiger partial charge in [0.25, 0.3) is 11.8 Å². The Morgan fingerprint density at radius 1 is 0.889 bits per heavy atom. The first-order chi connectivity index (χ1) is 12.9. The molecule has 0 aliphatic carbocycles. The highest BCUT2D eigenvalue weighted by atomic mass is 35.5. The van der Waals surface area contributed by atoms with Crippen molar-refractivity contribution in [1.29, 1.82) is 0 Å². The molecule has 5 nitrogen and oxygen atoms in total. The summed E-state index contributed by atoms with van der Waals surface area (Å²) in [6.45, 7) is 0. The number of ether oxygens (including phenoxy) is 3. The molecular weight excluding hydrogens is 408 g/mol. The minimum Gasteiger partial charge on any atom is -0.491 e. The van der Waals surface area contributed by atoms with Gasteiger partial charge in [-0.25, -0.2) is 9.37 Å². The molecule has 0 fully saturated rings. The van der Waals surface area contributed by atoms with E-state index in [4.69, 9.17) is 37.4 Å². The van der Waals surface area contributed by atoms with E-state index in [9.17, 15) is 13.2 Å². The Kier molecular flexibility index (Phi) is 5.57. The van der Waals surface area contributed by atoms with Gasteiger partial charge >= 0.3 is 0 Å². The van der Waals surface area contributed by atoms with Crippen LogP contribution in [0.2, 0.25) is 10.2 Å². The zero-order valence-electron chi connectivity index (χ0n) is 13.5. The van der Waals surface area contributed by atoms with E-state index in [0.29, 0.717) is 0 Å². The molecule has 3 aromatic rings. The van der Waals surface area contributed by atoms with Crippen LogP contribution in [0.4, 0.5) is 13.2 Å². The Balaban J connectivity index is 2.01. The molecule has 0 saturated carbocycles. The largest absolute Gasteiger partial charge is 0.491 e. The Morgan fingerprint density at radius 3 is 2.07 bits per heavy atom. The molecule has 0 amide bonds. The molecule has 10 heteroatoms. The molecule has 1 aromatic carbocycles. The van der Waals surface area contributed by atoms with Crippen LogP contribution in [0.1, 0.15) is 0 Å². The molecule has 0 radical (unpaired) electrons. The fourth-order valence-electron chi connectivity index (χ4n) is 2.01. The van der Waals surface area contributed by atoms with Crippen molar-refractivity contribution in [2.75, 3.05) is 7.11 Å². The van der Waals surface area contributed by atoms with E-state index in [2.05, 4.69) is 9.97 Å². The van der Waals surface area contributed by atoms with Crippen molar-refractivity contribution < 1.29 is 27.4 Å². The standard InChI is InChI=1S/C17H9Cl2F3N2O3/c1-25-15-13(21)16(26-8-2-3-11(20)10(18)6-8)24-17(14(15)22)27-9-4-5-23-12(19)7-9/h2-7H,1H3. The summed E-state index contributed by atoms with van der Waals surface area (Å²) in [6, 6.07) is 6.02. The minimum atomic E-state index is -1.21. The molecule has 0 unspecified atom stereocenters. The predicted octanol–water partition coefficient (Wildman–Crippen LogP) is 5.79. The number of halogens is 5. The maximum Gasteiger partial charge on any atom is 0.263 e. The van der Waals surface area contributed by atoms with Crippen LogP contribution < -0.4 is 14.2 Å². The molecule has 0 N–H and O–H groups in total.